The highest BCUT2D eigenvalue weighted by Gasteiger charge is 2.30. The van der Waals surface area contributed by atoms with E-state index < -0.39 is 29.7 Å². The van der Waals surface area contributed by atoms with E-state index in [2.05, 4.69) is 5.32 Å². The van der Waals surface area contributed by atoms with Crippen LogP contribution in [0, 0.1) is 6.92 Å². The van der Waals surface area contributed by atoms with Crippen molar-refractivity contribution in [2.45, 2.75) is 32.0 Å². The molecular formula is C20H20F3NO3. The third kappa shape index (κ3) is 6.13. The third-order valence-electron chi connectivity index (χ3n) is 3.96. The number of aryl methyl sites for hydroxylation is 1. The first kappa shape index (κ1) is 20.5. The van der Waals surface area contributed by atoms with Gasteiger partial charge in [0.2, 0.25) is 5.91 Å². The smallest absolute Gasteiger partial charge is 0.416 e. The highest BCUT2D eigenvalue weighted by atomic mass is 19.4. The maximum atomic E-state index is 12.8. The molecule has 2 rings (SSSR count). The Morgan fingerprint density at radius 3 is 2.37 bits per heavy atom. The topological polar surface area (TPSA) is 55.4 Å². The summed E-state index contributed by atoms with van der Waals surface area (Å²) in [5.41, 5.74) is 1.23. The zero-order valence-electron chi connectivity index (χ0n) is 15.0. The predicted octanol–water partition coefficient (Wildman–Crippen LogP) is 3.46. The van der Waals surface area contributed by atoms with Crippen LogP contribution in [0.5, 0.6) is 0 Å². The molecule has 0 fully saturated rings. The van der Waals surface area contributed by atoms with E-state index >= 15 is 0 Å². The lowest BCUT2D eigenvalue weighted by atomic mass is 10.0. The maximum absolute atomic E-state index is 12.8. The van der Waals surface area contributed by atoms with Crippen molar-refractivity contribution in [2.24, 2.45) is 0 Å². The van der Waals surface area contributed by atoms with Gasteiger partial charge in [0.15, 0.2) is 0 Å². The largest absolute Gasteiger partial charge is 0.467 e. The highest BCUT2D eigenvalue weighted by molar-refractivity contribution is 5.85. The summed E-state index contributed by atoms with van der Waals surface area (Å²) in [6.07, 6.45) is -4.53. The summed E-state index contributed by atoms with van der Waals surface area (Å²) in [4.78, 5) is 24.3. The van der Waals surface area contributed by atoms with Crippen molar-refractivity contribution in [1.29, 1.82) is 0 Å². The van der Waals surface area contributed by atoms with E-state index in [1.807, 2.05) is 31.2 Å². The molecule has 0 aliphatic carbocycles. The van der Waals surface area contributed by atoms with Crippen LogP contribution >= 0.6 is 0 Å². The molecule has 0 radical (unpaired) electrons. The van der Waals surface area contributed by atoms with Crippen LogP contribution in [-0.4, -0.2) is 25.0 Å². The van der Waals surface area contributed by atoms with Gasteiger partial charge in [0.05, 0.1) is 19.1 Å². The lowest BCUT2D eigenvalue weighted by molar-refractivity contribution is -0.145. The van der Waals surface area contributed by atoms with Crippen LogP contribution in [0.4, 0.5) is 13.2 Å². The number of ether oxygens (including phenoxy) is 1. The summed E-state index contributed by atoms with van der Waals surface area (Å²) in [7, 11) is 1.21. The normalized spacial score (nSPS) is 12.3. The number of methoxy groups -OCH3 is 1. The van der Waals surface area contributed by atoms with E-state index in [0.717, 1.165) is 23.3 Å². The van der Waals surface area contributed by atoms with Crippen molar-refractivity contribution < 1.29 is 27.5 Å². The van der Waals surface area contributed by atoms with Crippen molar-refractivity contribution in [2.75, 3.05) is 7.11 Å². The van der Waals surface area contributed by atoms with Crippen molar-refractivity contribution in [1.82, 2.24) is 5.32 Å². The molecule has 0 saturated carbocycles. The van der Waals surface area contributed by atoms with Gasteiger partial charge < -0.3 is 10.1 Å². The van der Waals surface area contributed by atoms with E-state index in [-0.39, 0.29) is 18.4 Å². The summed E-state index contributed by atoms with van der Waals surface area (Å²) in [5, 5.41) is 2.55. The van der Waals surface area contributed by atoms with Crippen molar-refractivity contribution in [3.63, 3.8) is 0 Å². The van der Waals surface area contributed by atoms with Crippen LogP contribution in [0.15, 0.2) is 48.5 Å². The Kier molecular flexibility index (Phi) is 6.60. The van der Waals surface area contributed by atoms with Crippen LogP contribution in [0.2, 0.25) is 0 Å². The third-order valence-corrected chi connectivity index (χ3v) is 3.96. The minimum Gasteiger partial charge on any atom is -0.467 e. The quantitative estimate of drug-likeness (QED) is 0.782. The van der Waals surface area contributed by atoms with Crippen LogP contribution in [0.1, 0.15) is 22.3 Å². The molecule has 1 N–H and O–H groups in total. The number of rotatable bonds is 6. The van der Waals surface area contributed by atoms with Crippen molar-refractivity contribution in [3.8, 4) is 0 Å². The number of alkyl halides is 3. The molecule has 1 atom stereocenters. The molecule has 0 aliphatic heterocycles. The predicted molar refractivity (Wildman–Crippen MR) is 94.0 cm³/mol. The summed E-state index contributed by atoms with van der Waals surface area (Å²) in [5.74, 6) is -1.17. The number of carbonyl (C=O) groups excluding carboxylic acids is 2. The molecule has 0 heterocycles. The van der Waals surface area contributed by atoms with Gasteiger partial charge >= 0.3 is 12.1 Å². The second-order valence-electron chi connectivity index (χ2n) is 6.21. The monoisotopic (exact) mass is 379 g/mol. The molecule has 1 amide bonds. The van der Waals surface area contributed by atoms with Gasteiger partial charge in [-0.3, -0.25) is 4.79 Å². The summed E-state index contributed by atoms with van der Waals surface area (Å²) in [6, 6.07) is 11.1. The van der Waals surface area contributed by atoms with Crippen LogP contribution < -0.4 is 5.32 Å². The molecule has 2 aromatic carbocycles. The van der Waals surface area contributed by atoms with Gasteiger partial charge in [-0.05, 0) is 24.1 Å². The van der Waals surface area contributed by atoms with E-state index in [9.17, 15) is 22.8 Å². The molecular weight excluding hydrogens is 359 g/mol. The van der Waals surface area contributed by atoms with E-state index in [0.29, 0.717) is 0 Å². The zero-order chi connectivity index (χ0) is 20.0. The number of nitrogens with one attached hydrogen (secondary N) is 1. The fourth-order valence-electron chi connectivity index (χ4n) is 2.70. The average molecular weight is 379 g/mol. The number of hydrogen-bond donors (Lipinski definition) is 1. The van der Waals surface area contributed by atoms with E-state index in [1.54, 1.807) is 0 Å². The molecule has 0 saturated heterocycles. The Bertz CT molecular complexity index is 818. The van der Waals surface area contributed by atoms with Gasteiger partial charge in [0.25, 0.3) is 0 Å². The molecule has 0 bridgehead atoms. The minimum absolute atomic E-state index is 0.210. The molecule has 0 aliphatic rings. The molecule has 27 heavy (non-hydrogen) atoms. The molecule has 7 heteroatoms. The Hall–Kier alpha value is -2.83. The lowest BCUT2D eigenvalue weighted by Crippen LogP contribution is -2.43. The highest BCUT2D eigenvalue weighted by Crippen LogP contribution is 2.29. The number of esters is 1. The fraction of sp³-hybridized carbons (Fsp3) is 0.300. The van der Waals surface area contributed by atoms with Crippen LogP contribution in [0.25, 0.3) is 0 Å². The first-order valence-corrected chi connectivity index (χ1v) is 8.28. The minimum atomic E-state index is -4.48. The van der Waals surface area contributed by atoms with Gasteiger partial charge in [-0.2, -0.15) is 13.2 Å². The van der Waals surface area contributed by atoms with E-state index in [4.69, 9.17) is 4.74 Å². The first-order valence-electron chi connectivity index (χ1n) is 8.28. The summed E-state index contributed by atoms with van der Waals surface area (Å²) < 4.78 is 43.1. The summed E-state index contributed by atoms with van der Waals surface area (Å²) in [6.45, 7) is 1.91. The molecule has 2 aromatic rings. The number of carbonyl (C=O) groups is 2. The Balaban J connectivity index is 2.09. The zero-order valence-corrected chi connectivity index (χ0v) is 15.0. The number of benzene rings is 2. The fourth-order valence-corrected chi connectivity index (χ4v) is 2.70. The Morgan fingerprint density at radius 2 is 1.74 bits per heavy atom. The average Bonchev–Trinajstić information content (AvgIpc) is 2.60. The molecule has 0 spiro atoms. The van der Waals surface area contributed by atoms with Gasteiger partial charge in [0.1, 0.15) is 6.04 Å². The van der Waals surface area contributed by atoms with Crippen molar-refractivity contribution >= 4 is 11.9 Å². The molecule has 144 valence electrons. The standard InChI is InChI=1S/C20H20F3NO3/c1-13-5-3-6-14(9-13)11-17(19(26)27-2)24-18(25)12-15-7-4-8-16(10-15)20(21,22)23/h3-10,17H,11-12H2,1-2H3,(H,24,25)/t17-/m0/s1. The SMILES string of the molecule is COC(=O)[C@H](Cc1cccc(C)c1)NC(=O)Cc1cccc(C(F)(F)F)c1. The maximum Gasteiger partial charge on any atom is 0.416 e. The second kappa shape index (κ2) is 8.70. The molecule has 4 nitrogen and oxygen atoms in total. The van der Waals surface area contributed by atoms with Crippen LogP contribution in [0.3, 0.4) is 0 Å². The van der Waals surface area contributed by atoms with Gasteiger partial charge in [0, 0.05) is 6.42 Å². The van der Waals surface area contributed by atoms with Gasteiger partial charge in [-0.25, -0.2) is 4.79 Å². The van der Waals surface area contributed by atoms with Gasteiger partial charge in [-0.15, -0.1) is 0 Å². The second-order valence-corrected chi connectivity index (χ2v) is 6.21. The van der Waals surface area contributed by atoms with E-state index in [1.165, 1.54) is 19.2 Å². The van der Waals surface area contributed by atoms with Crippen molar-refractivity contribution in [3.05, 3.63) is 70.8 Å². The van der Waals surface area contributed by atoms with Crippen LogP contribution in [-0.2, 0) is 33.3 Å². The molecule has 0 aromatic heterocycles. The Morgan fingerprint density at radius 1 is 1.07 bits per heavy atom. The summed E-state index contributed by atoms with van der Waals surface area (Å²) >= 11 is 0. The molecule has 0 unspecified atom stereocenters. The number of halogens is 3. The number of amides is 1. The lowest BCUT2D eigenvalue weighted by Gasteiger charge is -2.17. The number of hydrogen-bond acceptors (Lipinski definition) is 3. The first-order chi connectivity index (χ1) is 12.7. The van der Waals surface area contributed by atoms with Gasteiger partial charge in [-0.1, -0.05) is 48.0 Å². The Labute approximate surface area is 155 Å².